The number of imide groups is 1. The maximum absolute atomic E-state index is 13.4. The zero-order chi connectivity index (χ0) is 23.9. The predicted octanol–water partition coefficient (Wildman–Crippen LogP) is 4.66. The van der Waals surface area contributed by atoms with Crippen molar-refractivity contribution in [2.24, 2.45) is 0 Å². The zero-order valence-electron chi connectivity index (χ0n) is 17.7. The van der Waals surface area contributed by atoms with Crippen LogP contribution in [0.2, 0.25) is 0 Å². The largest absolute Gasteiger partial charge is 0.489 e. The second kappa shape index (κ2) is 8.50. The van der Waals surface area contributed by atoms with Gasteiger partial charge >= 0.3 is 12.6 Å². The number of anilines is 1. The number of nitrogens with zero attached hydrogens (tertiary/aromatic N) is 1. The number of hydrogen-bond donors (Lipinski definition) is 1. The van der Waals surface area contributed by atoms with Crippen LogP contribution in [-0.4, -0.2) is 35.6 Å². The molecule has 0 aromatic heterocycles. The van der Waals surface area contributed by atoms with E-state index in [4.69, 9.17) is 14.6 Å². The van der Waals surface area contributed by atoms with Crippen molar-refractivity contribution < 1.29 is 37.7 Å². The van der Waals surface area contributed by atoms with Gasteiger partial charge in [-0.25, -0.2) is 4.90 Å². The summed E-state index contributed by atoms with van der Waals surface area (Å²) in [5.41, 5.74) is 0.180. The van der Waals surface area contributed by atoms with Crippen molar-refractivity contribution in [3.05, 3.63) is 65.2 Å². The maximum atomic E-state index is 13.4. The van der Waals surface area contributed by atoms with Gasteiger partial charge in [-0.2, -0.15) is 8.78 Å². The molecule has 2 amide bonds. The monoisotopic (exact) mass is 455 g/mol. The third-order valence-electron chi connectivity index (χ3n) is 5.06. The normalized spacial score (nSPS) is 13.2. The molecule has 3 aromatic rings. The van der Waals surface area contributed by atoms with E-state index in [1.807, 2.05) is 0 Å². The minimum Gasteiger partial charge on any atom is -0.489 e. The highest BCUT2D eigenvalue weighted by Crippen LogP contribution is 2.46. The number of benzene rings is 3. The highest BCUT2D eigenvalue weighted by atomic mass is 19.3. The highest BCUT2D eigenvalue weighted by molar-refractivity contribution is 6.38. The molecule has 0 radical (unpaired) electrons. The van der Waals surface area contributed by atoms with Crippen molar-refractivity contribution >= 4 is 34.2 Å². The maximum Gasteiger partial charge on any atom is 0.387 e. The molecule has 0 spiro atoms. The van der Waals surface area contributed by atoms with Crippen molar-refractivity contribution in [2.45, 2.75) is 33.0 Å². The van der Waals surface area contributed by atoms with Crippen LogP contribution in [0.3, 0.4) is 0 Å². The molecule has 170 valence electrons. The quantitative estimate of drug-likeness (QED) is 0.521. The number of carbonyl (C=O) groups excluding carboxylic acids is 2. The van der Waals surface area contributed by atoms with Gasteiger partial charge in [0.1, 0.15) is 11.5 Å². The van der Waals surface area contributed by atoms with Crippen LogP contribution in [0, 0.1) is 0 Å². The Kier molecular flexibility index (Phi) is 5.71. The average Bonchev–Trinajstić information content (AvgIpc) is 3.00. The number of carboxylic acid groups (broad SMARTS) is 1. The van der Waals surface area contributed by atoms with Gasteiger partial charge < -0.3 is 14.6 Å². The van der Waals surface area contributed by atoms with E-state index in [0.717, 1.165) is 4.90 Å². The fourth-order valence-electron chi connectivity index (χ4n) is 3.84. The van der Waals surface area contributed by atoms with Crippen molar-refractivity contribution in [3.63, 3.8) is 0 Å². The third kappa shape index (κ3) is 3.97. The number of halogens is 2. The molecule has 1 aliphatic heterocycles. The molecular weight excluding hydrogens is 436 g/mol. The Labute approximate surface area is 187 Å². The van der Waals surface area contributed by atoms with Crippen molar-refractivity contribution in [1.82, 2.24) is 0 Å². The molecular formula is C24H19F2NO6. The minimum absolute atomic E-state index is 0.112. The lowest BCUT2D eigenvalue weighted by atomic mass is 9.99. The third-order valence-corrected chi connectivity index (χ3v) is 5.06. The summed E-state index contributed by atoms with van der Waals surface area (Å²) < 4.78 is 37.2. The summed E-state index contributed by atoms with van der Waals surface area (Å²) in [6, 6.07) is 12.2. The smallest absolute Gasteiger partial charge is 0.387 e. The first kappa shape index (κ1) is 22.2. The second-order valence-corrected chi connectivity index (χ2v) is 7.68. The summed E-state index contributed by atoms with van der Waals surface area (Å²) in [6.45, 7) is 0.261. The molecule has 0 saturated carbocycles. The topological polar surface area (TPSA) is 93.1 Å². The Morgan fingerprint density at radius 1 is 0.909 bits per heavy atom. The molecule has 0 atom stereocenters. The number of alkyl halides is 2. The highest BCUT2D eigenvalue weighted by Gasteiger charge is 2.44. The van der Waals surface area contributed by atoms with E-state index in [0.29, 0.717) is 10.9 Å². The van der Waals surface area contributed by atoms with Crippen molar-refractivity contribution in [2.75, 3.05) is 4.90 Å². The van der Waals surface area contributed by atoms with E-state index in [1.54, 1.807) is 32.0 Å². The number of hydrogen-bond acceptors (Lipinski definition) is 5. The first-order valence-electron chi connectivity index (χ1n) is 10.1. The van der Waals surface area contributed by atoms with Gasteiger partial charge in [0.2, 0.25) is 0 Å². The summed E-state index contributed by atoms with van der Waals surface area (Å²) >= 11 is 0. The predicted molar refractivity (Wildman–Crippen MR) is 115 cm³/mol. The molecule has 4 rings (SSSR count). The molecule has 0 aliphatic carbocycles. The Balaban J connectivity index is 1.93. The lowest BCUT2D eigenvalue weighted by Crippen LogP contribution is -2.29. The SMILES string of the molecule is CC(C)Oc1c2c(c(OC(F)F)c3ccccc13)C(=O)N(c1ccc(CC(=O)O)cc1)C2=O. The summed E-state index contributed by atoms with van der Waals surface area (Å²) in [4.78, 5) is 38.6. The lowest BCUT2D eigenvalue weighted by Gasteiger charge is -2.18. The first-order chi connectivity index (χ1) is 15.7. The molecule has 1 aliphatic rings. The standard InChI is InChI=1S/C24H19F2NO6/c1-12(2)32-20-15-5-3-4-6-16(15)21(33-24(25)26)19-18(20)22(30)27(23(19)31)14-9-7-13(8-10-14)11-17(28)29/h3-10,12,24H,11H2,1-2H3,(H,28,29). The first-order valence-corrected chi connectivity index (χ1v) is 10.1. The van der Waals surface area contributed by atoms with Crippen LogP contribution in [0.15, 0.2) is 48.5 Å². The van der Waals surface area contributed by atoms with Gasteiger partial charge in [0.15, 0.2) is 0 Å². The minimum atomic E-state index is -3.22. The van der Waals surface area contributed by atoms with E-state index in [1.165, 1.54) is 30.3 Å². The number of aliphatic carboxylic acids is 1. The van der Waals surface area contributed by atoms with Crippen LogP contribution < -0.4 is 14.4 Å². The van der Waals surface area contributed by atoms with Crippen LogP contribution in [0.4, 0.5) is 14.5 Å². The molecule has 1 N–H and O–H groups in total. The Morgan fingerprint density at radius 2 is 1.42 bits per heavy atom. The number of rotatable bonds is 7. The number of ether oxygens (including phenoxy) is 2. The van der Waals surface area contributed by atoms with Crippen LogP contribution in [0.5, 0.6) is 11.5 Å². The molecule has 33 heavy (non-hydrogen) atoms. The fraction of sp³-hybridized carbons (Fsp3) is 0.208. The Bertz CT molecular complexity index is 1200. The fourth-order valence-corrected chi connectivity index (χ4v) is 3.84. The number of fused-ring (bicyclic) bond motifs is 2. The summed E-state index contributed by atoms with van der Waals surface area (Å²) in [6.07, 6.45) is -0.598. The van der Waals surface area contributed by atoms with E-state index in [9.17, 15) is 23.2 Å². The van der Waals surface area contributed by atoms with Gasteiger partial charge in [-0.1, -0.05) is 36.4 Å². The second-order valence-electron chi connectivity index (χ2n) is 7.68. The molecule has 7 nitrogen and oxygen atoms in total. The number of carboxylic acids is 1. The molecule has 0 saturated heterocycles. The lowest BCUT2D eigenvalue weighted by molar-refractivity contribution is -0.136. The van der Waals surface area contributed by atoms with Crippen molar-refractivity contribution in [1.29, 1.82) is 0 Å². The Morgan fingerprint density at radius 3 is 1.88 bits per heavy atom. The Hall–Kier alpha value is -4.01. The molecule has 9 heteroatoms. The van der Waals surface area contributed by atoms with E-state index >= 15 is 0 Å². The van der Waals surface area contributed by atoms with Crippen LogP contribution in [-0.2, 0) is 11.2 Å². The van der Waals surface area contributed by atoms with Gasteiger partial charge in [0, 0.05) is 10.8 Å². The molecule has 0 unspecified atom stereocenters. The van der Waals surface area contributed by atoms with Crippen LogP contribution in [0.1, 0.15) is 40.1 Å². The van der Waals surface area contributed by atoms with Gasteiger partial charge in [0.25, 0.3) is 11.8 Å². The molecule has 0 bridgehead atoms. The molecule has 1 heterocycles. The van der Waals surface area contributed by atoms with Gasteiger partial charge in [-0.05, 0) is 31.5 Å². The number of amides is 2. The van der Waals surface area contributed by atoms with Crippen molar-refractivity contribution in [3.8, 4) is 11.5 Å². The zero-order valence-corrected chi connectivity index (χ0v) is 17.7. The average molecular weight is 455 g/mol. The summed E-state index contributed by atoms with van der Waals surface area (Å²) in [5, 5.41) is 9.52. The van der Waals surface area contributed by atoms with E-state index in [2.05, 4.69) is 0 Å². The van der Waals surface area contributed by atoms with Gasteiger partial charge in [-0.3, -0.25) is 14.4 Å². The van der Waals surface area contributed by atoms with E-state index in [-0.39, 0.29) is 40.5 Å². The summed E-state index contributed by atoms with van der Waals surface area (Å²) in [5.74, 6) is -2.90. The van der Waals surface area contributed by atoms with Crippen LogP contribution in [0.25, 0.3) is 10.8 Å². The van der Waals surface area contributed by atoms with Crippen LogP contribution >= 0.6 is 0 Å². The van der Waals surface area contributed by atoms with Gasteiger partial charge in [0.05, 0.1) is 29.3 Å². The number of carbonyl (C=O) groups is 3. The molecule has 3 aromatic carbocycles. The summed E-state index contributed by atoms with van der Waals surface area (Å²) in [7, 11) is 0. The molecule has 0 fully saturated rings. The van der Waals surface area contributed by atoms with E-state index < -0.39 is 30.1 Å². The van der Waals surface area contributed by atoms with Gasteiger partial charge in [-0.15, -0.1) is 0 Å².